The molecule has 1 N–H and O–H groups in total. The molecular formula is C15H10BrN3S. The van der Waals surface area contributed by atoms with E-state index in [2.05, 4.69) is 48.5 Å². The van der Waals surface area contributed by atoms with Crippen molar-refractivity contribution < 1.29 is 0 Å². The van der Waals surface area contributed by atoms with E-state index in [4.69, 9.17) is 0 Å². The highest BCUT2D eigenvalue weighted by molar-refractivity contribution is 9.10. The second kappa shape index (κ2) is 4.68. The molecule has 20 heavy (non-hydrogen) atoms. The fraction of sp³-hybridized carbons (Fsp3) is 0. The molecule has 3 nitrogen and oxygen atoms in total. The molecule has 3 heterocycles. The topological polar surface area (TPSA) is 33.1 Å². The molecule has 3 aromatic heterocycles. The van der Waals surface area contributed by atoms with Crippen LogP contribution in [-0.2, 0) is 0 Å². The van der Waals surface area contributed by atoms with Gasteiger partial charge in [-0.3, -0.25) is 4.40 Å². The number of nitrogens with zero attached hydrogens (tertiary/aromatic N) is 2. The van der Waals surface area contributed by atoms with Gasteiger partial charge in [-0.15, -0.1) is 0 Å². The van der Waals surface area contributed by atoms with Gasteiger partial charge in [0.2, 0.25) is 0 Å². The lowest BCUT2D eigenvalue weighted by Crippen LogP contribution is -1.84. The van der Waals surface area contributed by atoms with E-state index in [9.17, 15) is 0 Å². The Labute approximate surface area is 128 Å². The molecule has 0 aliphatic carbocycles. The number of hydrogen-bond acceptors (Lipinski definition) is 2. The maximum atomic E-state index is 4.42. The second-order valence-corrected chi connectivity index (χ2v) is 6.45. The first-order valence-electron chi connectivity index (χ1n) is 6.18. The fourth-order valence-electron chi connectivity index (χ4n) is 2.25. The van der Waals surface area contributed by atoms with Gasteiger partial charge in [-0.25, -0.2) is 4.98 Å². The highest BCUT2D eigenvalue weighted by Crippen LogP contribution is 2.34. The third kappa shape index (κ3) is 1.94. The summed E-state index contributed by atoms with van der Waals surface area (Å²) in [6, 6.07) is 12.3. The number of nitrogens with one attached hydrogen (secondary N) is 1. The number of imidazole rings is 1. The highest BCUT2D eigenvalue weighted by atomic mass is 79.9. The van der Waals surface area contributed by atoms with Gasteiger partial charge in [0, 0.05) is 32.7 Å². The number of H-pyrrole nitrogens is 1. The Morgan fingerprint density at radius 3 is 3.10 bits per heavy atom. The van der Waals surface area contributed by atoms with Gasteiger partial charge in [-0.2, -0.15) is 0 Å². The minimum atomic E-state index is 0.970. The van der Waals surface area contributed by atoms with Crippen molar-refractivity contribution in [2.24, 2.45) is 0 Å². The largest absolute Gasteiger partial charge is 0.360 e. The summed E-state index contributed by atoms with van der Waals surface area (Å²) >= 11 is 5.21. The van der Waals surface area contributed by atoms with Crippen LogP contribution in [0.2, 0.25) is 0 Å². The van der Waals surface area contributed by atoms with Crippen LogP contribution in [0.4, 0.5) is 0 Å². The van der Waals surface area contributed by atoms with E-state index in [0.717, 1.165) is 20.7 Å². The summed E-state index contributed by atoms with van der Waals surface area (Å²) in [4.78, 5) is 8.93. The van der Waals surface area contributed by atoms with Gasteiger partial charge in [-0.05, 0) is 24.3 Å². The first-order chi connectivity index (χ1) is 9.81. The number of fused-ring (bicyclic) bond motifs is 2. The molecule has 4 aromatic rings. The van der Waals surface area contributed by atoms with Gasteiger partial charge in [0.05, 0.1) is 6.20 Å². The summed E-state index contributed by atoms with van der Waals surface area (Å²) in [6.07, 6.45) is 6.00. The quantitative estimate of drug-likeness (QED) is 0.570. The number of benzene rings is 1. The number of rotatable bonds is 2. The lowest BCUT2D eigenvalue weighted by atomic mass is 10.2. The molecule has 0 spiro atoms. The Bertz CT molecular complexity index is 910. The van der Waals surface area contributed by atoms with Crippen LogP contribution in [0.25, 0.3) is 16.6 Å². The molecule has 0 amide bonds. The van der Waals surface area contributed by atoms with Crippen LogP contribution in [0.1, 0.15) is 0 Å². The Morgan fingerprint density at radius 2 is 2.15 bits per heavy atom. The monoisotopic (exact) mass is 343 g/mol. The summed E-state index contributed by atoms with van der Waals surface area (Å²) in [5.74, 6) is 0. The summed E-state index contributed by atoms with van der Waals surface area (Å²) in [7, 11) is 0. The zero-order chi connectivity index (χ0) is 13.5. The average molecular weight is 344 g/mol. The van der Waals surface area contributed by atoms with Crippen molar-refractivity contribution in [2.75, 3.05) is 0 Å². The SMILES string of the molecule is Brc1ccc2c(Sc3cnc4ccccn34)c[nH]c2c1. The summed E-state index contributed by atoms with van der Waals surface area (Å²) < 4.78 is 3.18. The van der Waals surface area contributed by atoms with Crippen molar-refractivity contribution in [1.82, 2.24) is 14.4 Å². The van der Waals surface area contributed by atoms with E-state index in [1.807, 2.05) is 36.8 Å². The first-order valence-corrected chi connectivity index (χ1v) is 7.79. The van der Waals surface area contributed by atoms with E-state index in [0.29, 0.717) is 0 Å². The zero-order valence-corrected chi connectivity index (χ0v) is 12.8. The Kier molecular flexibility index (Phi) is 2.82. The van der Waals surface area contributed by atoms with Gasteiger partial charge in [0.25, 0.3) is 0 Å². The normalized spacial score (nSPS) is 11.4. The Morgan fingerprint density at radius 1 is 1.20 bits per heavy atom. The van der Waals surface area contributed by atoms with Crippen molar-refractivity contribution in [3.05, 3.63) is 59.5 Å². The van der Waals surface area contributed by atoms with E-state index in [-0.39, 0.29) is 0 Å². The Balaban J connectivity index is 1.81. The van der Waals surface area contributed by atoms with Crippen LogP contribution in [0.15, 0.2) is 69.4 Å². The number of halogens is 1. The van der Waals surface area contributed by atoms with E-state index < -0.39 is 0 Å². The molecule has 5 heteroatoms. The van der Waals surface area contributed by atoms with Crippen LogP contribution in [0, 0.1) is 0 Å². The van der Waals surface area contributed by atoms with Crippen LogP contribution in [0.3, 0.4) is 0 Å². The molecule has 0 saturated heterocycles. The second-order valence-electron chi connectivity index (χ2n) is 4.47. The lowest BCUT2D eigenvalue weighted by molar-refractivity contribution is 1.05. The predicted octanol–water partition coefficient (Wildman–Crippen LogP) is 4.73. The number of hydrogen-bond donors (Lipinski definition) is 1. The first kappa shape index (κ1) is 12.1. The zero-order valence-electron chi connectivity index (χ0n) is 10.4. The molecule has 0 saturated carbocycles. The van der Waals surface area contributed by atoms with Crippen LogP contribution in [0.5, 0.6) is 0 Å². The summed E-state index contributed by atoms with van der Waals surface area (Å²) in [5.41, 5.74) is 2.10. The summed E-state index contributed by atoms with van der Waals surface area (Å²) in [5, 5.41) is 2.34. The minimum absolute atomic E-state index is 0.970. The smallest absolute Gasteiger partial charge is 0.137 e. The van der Waals surface area contributed by atoms with Gasteiger partial charge < -0.3 is 4.98 Å². The number of pyridine rings is 1. The molecule has 1 aromatic carbocycles. The molecule has 0 fully saturated rings. The summed E-state index contributed by atoms with van der Waals surface area (Å²) in [6.45, 7) is 0. The fourth-order valence-corrected chi connectivity index (χ4v) is 3.60. The molecule has 0 radical (unpaired) electrons. The number of aromatic amines is 1. The lowest BCUT2D eigenvalue weighted by Gasteiger charge is -2.00. The molecule has 0 aliphatic heterocycles. The average Bonchev–Trinajstić information content (AvgIpc) is 3.04. The molecule has 0 aliphatic rings. The molecule has 4 rings (SSSR count). The Hall–Kier alpha value is -1.72. The highest BCUT2D eigenvalue weighted by Gasteiger charge is 2.09. The predicted molar refractivity (Wildman–Crippen MR) is 85.3 cm³/mol. The van der Waals surface area contributed by atoms with Crippen LogP contribution in [-0.4, -0.2) is 14.4 Å². The third-order valence-corrected chi connectivity index (χ3v) is 4.77. The van der Waals surface area contributed by atoms with Crippen molar-refractivity contribution in [2.45, 2.75) is 9.92 Å². The maximum Gasteiger partial charge on any atom is 0.137 e. The molecule has 0 atom stereocenters. The van der Waals surface area contributed by atoms with Crippen molar-refractivity contribution in [3.63, 3.8) is 0 Å². The minimum Gasteiger partial charge on any atom is -0.360 e. The van der Waals surface area contributed by atoms with E-state index in [1.54, 1.807) is 11.8 Å². The third-order valence-electron chi connectivity index (χ3n) is 3.20. The van der Waals surface area contributed by atoms with Crippen LogP contribution < -0.4 is 0 Å². The number of aromatic nitrogens is 3. The van der Waals surface area contributed by atoms with E-state index >= 15 is 0 Å². The van der Waals surface area contributed by atoms with Crippen molar-refractivity contribution in [3.8, 4) is 0 Å². The van der Waals surface area contributed by atoms with Gasteiger partial charge >= 0.3 is 0 Å². The maximum absolute atomic E-state index is 4.42. The van der Waals surface area contributed by atoms with Crippen molar-refractivity contribution >= 4 is 44.2 Å². The van der Waals surface area contributed by atoms with Crippen molar-refractivity contribution in [1.29, 1.82) is 0 Å². The molecule has 0 unspecified atom stereocenters. The van der Waals surface area contributed by atoms with Gasteiger partial charge in [0.15, 0.2) is 0 Å². The van der Waals surface area contributed by atoms with Gasteiger partial charge in [0.1, 0.15) is 10.7 Å². The van der Waals surface area contributed by atoms with Crippen LogP contribution >= 0.6 is 27.7 Å². The van der Waals surface area contributed by atoms with E-state index in [1.165, 1.54) is 10.3 Å². The van der Waals surface area contributed by atoms with Gasteiger partial charge in [-0.1, -0.05) is 39.8 Å². The standard InChI is InChI=1S/C15H10BrN3S/c16-10-4-5-11-12(7-10)17-8-13(11)20-15-9-18-14-3-1-2-6-19(14)15/h1-9,17H. The molecular weight excluding hydrogens is 334 g/mol. The molecule has 98 valence electrons. The molecule has 0 bridgehead atoms.